The third-order valence-electron chi connectivity index (χ3n) is 2.25. The van der Waals surface area contributed by atoms with Crippen LogP contribution in [-0.2, 0) is 10.6 Å². The average molecular weight is 273 g/mol. The highest BCUT2D eigenvalue weighted by atomic mass is 35.5. The maximum atomic E-state index is 5.80. The van der Waals surface area contributed by atoms with Crippen molar-refractivity contribution in [2.75, 3.05) is 19.8 Å². The molecule has 3 nitrogen and oxygen atoms in total. The van der Waals surface area contributed by atoms with Crippen LogP contribution in [0.15, 0.2) is 18.2 Å². The van der Waals surface area contributed by atoms with Crippen molar-refractivity contribution in [2.45, 2.75) is 32.8 Å². The minimum atomic E-state index is 0.221. The SMILES string of the molecule is CCOc1cc(CCl)ccc1OCCOC(C)C. The van der Waals surface area contributed by atoms with Gasteiger partial charge in [0.1, 0.15) is 6.61 Å². The van der Waals surface area contributed by atoms with Crippen molar-refractivity contribution in [1.82, 2.24) is 0 Å². The van der Waals surface area contributed by atoms with Crippen molar-refractivity contribution in [1.29, 1.82) is 0 Å². The van der Waals surface area contributed by atoms with Gasteiger partial charge < -0.3 is 14.2 Å². The molecule has 0 saturated carbocycles. The zero-order valence-corrected chi connectivity index (χ0v) is 12.0. The van der Waals surface area contributed by atoms with Gasteiger partial charge in [-0.25, -0.2) is 0 Å². The van der Waals surface area contributed by atoms with Crippen LogP contribution in [0.5, 0.6) is 11.5 Å². The highest BCUT2D eigenvalue weighted by Crippen LogP contribution is 2.29. The summed E-state index contributed by atoms with van der Waals surface area (Å²) in [5, 5.41) is 0. The van der Waals surface area contributed by atoms with Gasteiger partial charge in [-0.15, -0.1) is 11.6 Å². The second-order valence-corrected chi connectivity index (χ2v) is 4.38. The Hall–Kier alpha value is -0.930. The zero-order valence-electron chi connectivity index (χ0n) is 11.2. The highest BCUT2D eigenvalue weighted by molar-refractivity contribution is 6.17. The Labute approximate surface area is 114 Å². The normalized spacial score (nSPS) is 10.7. The number of alkyl halides is 1. The Morgan fingerprint density at radius 3 is 2.50 bits per heavy atom. The van der Waals surface area contributed by atoms with E-state index in [4.69, 9.17) is 25.8 Å². The maximum absolute atomic E-state index is 5.80. The van der Waals surface area contributed by atoms with Crippen molar-refractivity contribution in [2.24, 2.45) is 0 Å². The van der Waals surface area contributed by atoms with E-state index in [-0.39, 0.29) is 6.10 Å². The summed E-state index contributed by atoms with van der Waals surface area (Å²) in [6.07, 6.45) is 0.221. The third kappa shape index (κ3) is 5.15. The van der Waals surface area contributed by atoms with Crippen LogP contribution >= 0.6 is 11.6 Å². The molecule has 4 heteroatoms. The van der Waals surface area contributed by atoms with Crippen LogP contribution < -0.4 is 9.47 Å². The zero-order chi connectivity index (χ0) is 13.4. The molecule has 0 unspecified atom stereocenters. The van der Waals surface area contributed by atoms with E-state index in [0.29, 0.717) is 25.7 Å². The lowest BCUT2D eigenvalue weighted by Gasteiger charge is -2.13. The molecule has 0 N–H and O–H groups in total. The van der Waals surface area contributed by atoms with Gasteiger partial charge in [0, 0.05) is 5.88 Å². The molecular formula is C14H21ClO3. The fourth-order valence-corrected chi connectivity index (χ4v) is 1.62. The Morgan fingerprint density at radius 2 is 1.89 bits per heavy atom. The largest absolute Gasteiger partial charge is 0.490 e. The van der Waals surface area contributed by atoms with Crippen LogP contribution in [0.4, 0.5) is 0 Å². The van der Waals surface area contributed by atoms with E-state index >= 15 is 0 Å². The van der Waals surface area contributed by atoms with Crippen LogP contribution in [0.25, 0.3) is 0 Å². The average Bonchev–Trinajstić information content (AvgIpc) is 2.36. The van der Waals surface area contributed by atoms with Crippen molar-refractivity contribution in [3.8, 4) is 11.5 Å². The van der Waals surface area contributed by atoms with Crippen LogP contribution in [-0.4, -0.2) is 25.9 Å². The summed E-state index contributed by atoms with van der Waals surface area (Å²) in [7, 11) is 0. The van der Waals surface area contributed by atoms with E-state index in [1.54, 1.807) is 0 Å². The molecule has 102 valence electrons. The number of hydrogen-bond donors (Lipinski definition) is 0. The molecule has 18 heavy (non-hydrogen) atoms. The molecule has 1 rings (SSSR count). The van der Waals surface area contributed by atoms with Crippen LogP contribution in [0.3, 0.4) is 0 Å². The van der Waals surface area contributed by atoms with Gasteiger partial charge in [0.05, 0.1) is 19.3 Å². The summed E-state index contributed by atoms with van der Waals surface area (Å²) in [5.41, 5.74) is 1.02. The van der Waals surface area contributed by atoms with Gasteiger partial charge in [-0.1, -0.05) is 6.07 Å². The summed E-state index contributed by atoms with van der Waals surface area (Å²) in [6, 6.07) is 5.74. The molecule has 0 fully saturated rings. The van der Waals surface area contributed by atoms with E-state index in [0.717, 1.165) is 17.1 Å². The van der Waals surface area contributed by atoms with Gasteiger partial charge in [-0.2, -0.15) is 0 Å². The predicted molar refractivity (Wildman–Crippen MR) is 73.8 cm³/mol. The molecule has 0 atom stereocenters. The standard InChI is InChI=1S/C14H21ClO3/c1-4-16-14-9-12(10-15)5-6-13(14)18-8-7-17-11(2)3/h5-6,9,11H,4,7-8,10H2,1-3H3. The van der Waals surface area contributed by atoms with Crippen molar-refractivity contribution in [3.63, 3.8) is 0 Å². The number of rotatable bonds is 8. The quantitative estimate of drug-likeness (QED) is 0.534. The molecule has 0 spiro atoms. The van der Waals surface area contributed by atoms with Crippen molar-refractivity contribution >= 4 is 11.6 Å². The lowest BCUT2D eigenvalue weighted by molar-refractivity contribution is 0.0545. The van der Waals surface area contributed by atoms with Crippen molar-refractivity contribution < 1.29 is 14.2 Å². The first-order chi connectivity index (χ1) is 8.67. The smallest absolute Gasteiger partial charge is 0.161 e. The van der Waals surface area contributed by atoms with E-state index in [1.165, 1.54) is 0 Å². The summed E-state index contributed by atoms with van der Waals surface area (Å²) in [4.78, 5) is 0. The molecule has 0 heterocycles. The molecule has 1 aromatic carbocycles. The summed E-state index contributed by atoms with van der Waals surface area (Å²) >= 11 is 5.80. The molecule has 0 radical (unpaired) electrons. The van der Waals surface area contributed by atoms with Gasteiger partial charge >= 0.3 is 0 Å². The maximum Gasteiger partial charge on any atom is 0.161 e. The topological polar surface area (TPSA) is 27.7 Å². The fraction of sp³-hybridized carbons (Fsp3) is 0.571. The first-order valence-corrected chi connectivity index (χ1v) is 6.77. The lowest BCUT2D eigenvalue weighted by Crippen LogP contribution is -2.11. The number of benzene rings is 1. The molecule has 0 aliphatic heterocycles. The van der Waals surface area contributed by atoms with Gasteiger partial charge in [-0.3, -0.25) is 0 Å². The van der Waals surface area contributed by atoms with Gasteiger partial charge in [0.15, 0.2) is 11.5 Å². The summed E-state index contributed by atoms with van der Waals surface area (Å²) in [5.74, 6) is 1.94. The second kappa shape index (κ2) is 8.22. The van der Waals surface area contributed by atoms with Gasteiger partial charge in [0.25, 0.3) is 0 Å². The Balaban J connectivity index is 2.57. The first-order valence-electron chi connectivity index (χ1n) is 6.23. The van der Waals surface area contributed by atoms with Crippen molar-refractivity contribution in [3.05, 3.63) is 23.8 Å². The van der Waals surface area contributed by atoms with E-state index < -0.39 is 0 Å². The summed E-state index contributed by atoms with van der Waals surface area (Å²) < 4.78 is 16.6. The lowest BCUT2D eigenvalue weighted by atomic mass is 10.2. The molecular weight excluding hydrogens is 252 g/mol. The number of ether oxygens (including phenoxy) is 3. The van der Waals surface area contributed by atoms with Gasteiger partial charge in [-0.05, 0) is 38.5 Å². The third-order valence-corrected chi connectivity index (χ3v) is 2.56. The molecule has 0 saturated heterocycles. The Morgan fingerprint density at radius 1 is 1.11 bits per heavy atom. The van der Waals surface area contributed by atoms with E-state index in [9.17, 15) is 0 Å². The van der Waals surface area contributed by atoms with Crippen LogP contribution in [0.1, 0.15) is 26.3 Å². The van der Waals surface area contributed by atoms with Crippen LogP contribution in [0, 0.1) is 0 Å². The Kier molecular flexibility index (Phi) is 6.91. The first kappa shape index (κ1) is 15.1. The molecule has 0 amide bonds. The van der Waals surface area contributed by atoms with Gasteiger partial charge in [0.2, 0.25) is 0 Å². The summed E-state index contributed by atoms with van der Waals surface area (Å²) in [6.45, 7) is 7.63. The number of halogens is 1. The number of hydrogen-bond acceptors (Lipinski definition) is 3. The predicted octanol–water partition coefficient (Wildman–Crippen LogP) is 3.63. The molecule has 0 bridgehead atoms. The van der Waals surface area contributed by atoms with Crippen LogP contribution in [0.2, 0.25) is 0 Å². The molecule has 1 aromatic rings. The van der Waals surface area contributed by atoms with E-state index in [1.807, 2.05) is 39.0 Å². The minimum absolute atomic E-state index is 0.221. The fourth-order valence-electron chi connectivity index (χ4n) is 1.46. The molecule has 0 aliphatic carbocycles. The monoisotopic (exact) mass is 272 g/mol. The minimum Gasteiger partial charge on any atom is -0.490 e. The van der Waals surface area contributed by atoms with E-state index in [2.05, 4.69) is 0 Å². The second-order valence-electron chi connectivity index (χ2n) is 4.12. The Bertz CT molecular complexity index is 353. The molecule has 0 aliphatic rings. The highest BCUT2D eigenvalue weighted by Gasteiger charge is 2.06. The molecule has 0 aromatic heterocycles.